The standard InChI is InChI=1S/C10H5ClN2OS/c11-8-3-1-7(2-4-8)10-9(12-6-14)5-13-15-10/h1-5H. The SMILES string of the molecule is O=C=Nc1cnsc1-c1ccc(Cl)cc1. The molecule has 2 aromatic rings. The van der Waals surface area contributed by atoms with Crippen LogP contribution in [-0.2, 0) is 4.79 Å². The van der Waals surface area contributed by atoms with E-state index in [1.165, 1.54) is 17.6 Å². The number of carbonyl (C=O) groups excluding carboxylic acids is 1. The Kier molecular flexibility index (Phi) is 2.92. The molecule has 0 unspecified atom stereocenters. The highest BCUT2D eigenvalue weighted by Gasteiger charge is 2.07. The molecule has 2 rings (SSSR count). The highest BCUT2D eigenvalue weighted by Crippen LogP contribution is 2.33. The molecular weight excluding hydrogens is 232 g/mol. The van der Waals surface area contributed by atoms with Gasteiger partial charge in [0, 0.05) is 5.02 Å². The molecule has 0 atom stereocenters. The van der Waals surface area contributed by atoms with Gasteiger partial charge in [0.2, 0.25) is 6.08 Å². The van der Waals surface area contributed by atoms with Gasteiger partial charge >= 0.3 is 0 Å². The predicted octanol–water partition coefficient (Wildman–Crippen LogP) is 3.43. The van der Waals surface area contributed by atoms with E-state index in [-0.39, 0.29) is 0 Å². The molecule has 0 saturated carbocycles. The van der Waals surface area contributed by atoms with Crippen LogP contribution in [0.3, 0.4) is 0 Å². The van der Waals surface area contributed by atoms with Gasteiger partial charge in [-0.25, -0.2) is 4.79 Å². The van der Waals surface area contributed by atoms with Crippen molar-refractivity contribution in [3.63, 3.8) is 0 Å². The number of isocyanates is 1. The molecule has 1 aromatic heterocycles. The second-order valence-corrected chi connectivity index (χ2v) is 3.99. The van der Waals surface area contributed by atoms with Gasteiger partial charge in [0.15, 0.2) is 0 Å². The lowest BCUT2D eigenvalue weighted by molar-refractivity contribution is 0.565. The molecule has 0 amide bonds. The Balaban J connectivity index is 2.49. The molecule has 0 N–H and O–H groups in total. The molecule has 5 heteroatoms. The van der Waals surface area contributed by atoms with Gasteiger partial charge in [-0.15, -0.1) is 0 Å². The predicted molar refractivity (Wildman–Crippen MR) is 60.3 cm³/mol. The molecule has 1 heterocycles. The second kappa shape index (κ2) is 4.36. The molecule has 3 nitrogen and oxygen atoms in total. The minimum atomic E-state index is 0.539. The third-order valence-electron chi connectivity index (χ3n) is 1.82. The maximum absolute atomic E-state index is 10.2. The highest BCUT2D eigenvalue weighted by molar-refractivity contribution is 7.10. The molecule has 1 aromatic carbocycles. The first-order valence-electron chi connectivity index (χ1n) is 4.10. The van der Waals surface area contributed by atoms with Gasteiger partial charge in [-0.05, 0) is 29.2 Å². The number of hydrogen-bond acceptors (Lipinski definition) is 4. The van der Waals surface area contributed by atoms with Gasteiger partial charge in [0.1, 0.15) is 5.69 Å². The molecule has 0 spiro atoms. The summed E-state index contributed by atoms with van der Waals surface area (Å²) in [6.07, 6.45) is 3.05. The van der Waals surface area contributed by atoms with Crippen molar-refractivity contribution in [2.75, 3.05) is 0 Å². The lowest BCUT2D eigenvalue weighted by atomic mass is 10.2. The van der Waals surface area contributed by atoms with Crippen LogP contribution in [0.1, 0.15) is 0 Å². The number of aliphatic imine (C=N–C) groups is 1. The summed E-state index contributed by atoms with van der Waals surface area (Å²) in [6.45, 7) is 0. The number of benzene rings is 1. The Morgan fingerprint density at radius 1 is 1.33 bits per heavy atom. The maximum Gasteiger partial charge on any atom is 0.240 e. The van der Waals surface area contributed by atoms with E-state index in [0.717, 1.165) is 10.4 Å². The van der Waals surface area contributed by atoms with Gasteiger partial charge < -0.3 is 0 Å². The second-order valence-electron chi connectivity index (χ2n) is 2.75. The smallest absolute Gasteiger partial charge is 0.211 e. The van der Waals surface area contributed by atoms with Crippen LogP contribution in [0, 0.1) is 0 Å². The average molecular weight is 237 g/mol. The monoisotopic (exact) mass is 236 g/mol. The van der Waals surface area contributed by atoms with Crippen LogP contribution in [0.5, 0.6) is 0 Å². The maximum atomic E-state index is 10.2. The van der Waals surface area contributed by atoms with E-state index < -0.39 is 0 Å². The molecule has 0 aliphatic heterocycles. The van der Waals surface area contributed by atoms with Crippen LogP contribution in [-0.4, -0.2) is 10.5 Å². The Hall–Kier alpha value is -1.48. The fourth-order valence-electron chi connectivity index (χ4n) is 1.17. The molecule has 0 saturated heterocycles. The fourth-order valence-corrected chi connectivity index (χ4v) is 1.98. The molecule has 0 aliphatic carbocycles. The zero-order valence-corrected chi connectivity index (χ0v) is 9.05. The Labute approximate surface area is 95.2 Å². The molecule has 0 radical (unpaired) electrons. The van der Waals surface area contributed by atoms with Crippen molar-refractivity contribution >= 4 is 34.9 Å². The van der Waals surface area contributed by atoms with Gasteiger partial charge in [-0.3, -0.25) is 0 Å². The van der Waals surface area contributed by atoms with Crippen molar-refractivity contribution in [2.24, 2.45) is 4.99 Å². The average Bonchev–Trinajstić information content (AvgIpc) is 2.68. The van der Waals surface area contributed by atoms with Crippen molar-refractivity contribution in [3.8, 4) is 10.4 Å². The van der Waals surface area contributed by atoms with Gasteiger partial charge in [-0.1, -0.05) is 23.7 Å². The van der Waals surface area contributed by atoms with Crippen LogP contribution in [0.4, 0.5) is 5.69 Å². The number of rotatable bonds is 2. The minimum absolute atomic E-state index is 0.539. The third-order valence-corrected chi connectivity index (χ3v) is 2.91. The normalized spacial score (nSPS) is 9.67. The summed E-state index contributed by atoms with van der Waals surface area (Å²) in [5.74, 6) is 0. The molecule has 0 aliphatic rings. The van der Waals surface area contributed by atoms with E-state index >= 15 is 0 Å². The van der Waals surface area contributed by atoms with Crippen molar-refractivity contribution in [1.29, 1.82) is 0 Å². The first-order chi connectivity index (χ1) is 7.31. The van der Waals surface area contributed by atoms with Crippen LogP contribution >= 0.6 is 23.1 Å². The molecular formula is C10H5ClN2OS. The highest BCUT2D eigenvalue weighted by atomic mass is 35.5. The summed E-state index contributed by atoms with van der Waals surface area (Å²) < 4.78 is 3.98. The van der Waals surface area contributed by atoms with Crippen molar-refractivity contribution < 1.29 is 4.79 Å². The summed E-state index contributed by atoms with van der Waals surface area (Å²) in [6, 6.07) is 7.29. The summed E-state index contributed by atoms with van der Waals surface area (Å²) >= 11 is 7.06. The quantitative estimate of drug-likeness (QED) is 0.592. The summed E-state index contributed by atoms with van der Waals surface area (Å²) in [4.78, 5) is 14.6. The van der Waals surface area contributed by atoms with Crippen molar-refractivity contribution in [1.82, 2.24) is 4.37 Å². The van der Waals surface area contributed by atoms with Crippen LogP contribution in [0.2, 0.25) is 5.02 Å². The lowest BCUT2D eigenvalue weighted by Crippen LogP contribution is -1.72. The summed E-state index contributed by atoms with van der Waals surface area (Å²) in [7, 11) is 0. The van der Waals surface area contributed by atoms with E-state index in [0.29, 0.717) is 10.7 Å². The van der Waals surface area contributed by atoms with E-state index in [1.807, 2.05) is 12.1 Å². The van der Waals surface area contributed by atoms with E-state index in [1.54, 1.807) is 18.3 Å². The molecule has 74 valence electrons. The Morgan fingerprint density at radius 2 is 2.07 bits per heavy atom. The number of hydrogen-bond donors (Lipinski definition) is 0. The zero-order valence-electron chi connectivity index (χ0n) is 7.48. The first-order valence-corrected chi connectivity index (χ1v) is 5.25. The first kappa shape index (κ1) is 10.1. The van der Waals surface area contributed by atoms with Gasteiger partial charge in [0.05, 0.1) is 11.1 Å². The Morgan fingerprint density at radius 3 is 2.73 bits per heavy atom. The van der Waals surface area contributed by atoms with Gasteiger partial charge in [-0.2, -0.15) is 9.37 Å². The van der Waals surface area contributed by atoms with Crippen molar-refractivity contribution in [3.05, 3.63) is 35.5 Å². The number of aromatic nitrogens is 1. The van der Waals surface area contributed by atoms with Crippen LogP contribution in [0.25, 0.3) is 10.4 Å². The van der Waals surface area contributed by atoms with Crippen LogP contribution < -0.4 is 0 Å². The molecule has 0 fully saturated rings. The fraction of sp³-hybridized carbons (Fsp3) is 0. The largest absolute Gasteiger partial charge is 0.240 e. The number of nitrogens with zero attached hydrogens (tertiary/aromatic N) is 2. The third kappa shape index (κ3) is 2.13. The van der Waals surface area contributed by atoms with Crippen LogP contribution in [0.15, 0.2) is 35.5 Å². The summed E-state index contributed by atoms with van der Waals surface area (Å²) in [5.41, 5.74) is 1.48. The molecule has 15 heavy (non-hydrogen) atoms. The van der Waals surface area contributed by atoms with E-state index in [2.05, 4.69) is 9.37 Å². The Bertz CT molecular complexity index is 514. The van der Waals surface area contributed by atoms with Gasteiger partial charge in [0.25, 0.3) is 0 Å². The topological polar surface area (TPSA) is 42.3 Å². The van der Waals surface area contributed by atoms with Crippen molar-refractivity contribution in [2.45, 2.75) is 0 Å². The lowest BCUT2D eigenvalue weighted by Gasteiger charge is -1.97. The molecule has 0 bridgehead atoms. The zero-order chi connectivity index (χ0) is 10.7. The number of halogens is 1. The van der Waals surface area contributed by atoms with E-state index in [4.69, 9.17) is 11.6 Å². The minimum Gasteiger partial charge on any atom is -0.211 e. The van der Waals surface area contributed by atoms with E-state index in [9.17, 15) is 4.79 Å². The summed E-state index contributed by atoms with van der Waals surface area (Å²) in [5, 5.41) is 0.670.